The van der Waals surface area contributed by atoms with E-state index in [1.807, 2.05) is 55.5 Å². The van der Waals surface area contributed by atoms with Crippen molar-refractivity contribution in [2.45, 2.75) is 25.7 Å². The van der Waals surface area contributed by atoms with Gasteiger partial charge in [-0.15, -0.1) is 0 Å². The Hall–Kier alpha value is -2.95. The molecule has 0 aliphatic carbocycles. The van der Waals surface area contributed by atoms with Crippen LogP contribution in [0.4, 0.5) is 5.69 Å². The molecule has 2 aromatic rings. The molecule has 7 heteroatoms. The number of fused-ring (bicyclic) bond motifs is 1. The van der Waals surface area contributed by atoms with Crippen molar-refractivity contribution in [2.75, 3.05) is 30.7 Å². The molecule has 1 fully saturated rings. The van der Waals surface area contributed by atoms with Crippen LogP contribution in [0.1, 0.15) is 30.4 Å². The molecule has 0 aromatic heterocycles. The number of allylic oxidation sites excluding steroid dienone is 1. The summed E-state index contributed by atoms with van der Waals surface area (Å²) in [6.45, 7) is 3.10. The molecule has 0 saturated carbocycles. The van der Waals surface area contributed by atoms with Gasteiger partial charge >= 0.3 is 0 Å². The molecule has 2 heterocycles. The Balaban J connectivity index is 1.56. The number of amides is 1. The highest BCUT2D eigenvalue weighted by atomic mass is 32.2. The van der Waals surface area contributed by atoms with Crippen LogP contribution in [0.25, 0.3) is 0 Å². The SMILES string of the molecule is CCOc1ccc(C2CC(=O)N3CN(c4ccc(CCO)cc4)CSC3=C2C#N)cc1. The lowest BCUT2D eigenvalue weighted by Crippen LogP contribution is -2.47. The summed E-state index contributed by atoms with van der Waals surface area (Å²) in [6.07, 6.45) is 0.912. The Morgan fingerprint density at radius 1 is 1.19 bits per heavy atom. The molecule has 160 valence electrons. The minimum absolute atomic E-state index is 0.0296. The molecule has 0 spiro atoms. The third kappa shape index (κ3) is 4.41. The Labute approximate surface area is 186 Å². The predicted octanol–water partition coefficient (Wildman–Crippen LogP) is 3.84. The van der Waals surface area contributed by atoms with E-state index >= 15 is 0 Å². The first-order valence-corrected chi connectivity index (χ1v) is 11.4. The topological polar surface area (TPSA) is 76.8 Å². The number of nitriles is 1. The van der Waals surface area contributed by atoms with Crippen LogP contribution in [-0.2, 0) is 11.2 Å². The van der Waals surface area contributed by atoms with Crippen molar-refractivity contribution in [3.63, 3.8) is 0 Å². The fourth-order valence-electron chi connectivity index (χ4n) is 3.98. The van der Waals surface area contributed by atoms with E-state index in [0.717, 1.165) is 27.6 Å². The Morgan fingerprint density at radius 2 is 1.94 bits per heavy atom. The van der Waals surface area contributed by atoms with Gasteiger partial charge in [0.1, 0.15) is 5.75 Å². The second-order valence-corrected chi connectivity index (χ2v) is 8.44. The van der Waals surface area contributed by atoms with Crippen molar-refractivity contribution < 1.29 is 14.6 Å². The van der Waals surface area contributed by atoms with Crippen LogP contribution < -0.4 is 9.64 Å². The number of hydrogen-bond acceptors (Lipinski definition) is 6. The van der Waals surface area contributed by atoms with E-state index in [0.29, 0.717) is 31.1 Å². The van der Waals surface area contributed by atoms with E-state index in [2.05, 4.69) is 11.0 Å². The second-order valence-electron chi connectivity index (χ2n) is 7.51. The third-order valence-corrected chi connectivity index (χ3v) is 6.74. The minimum atomic E-state index is -0.226. The van der Waals surface area contributed by atoms with Gasteiger partial charge in [-0.25, -0.2) is 0 Å². The van der Waals surface area contributed by atoms with Gasteiger partial charge in [-0.05, 0) is 48.7 Å². The van der Waals surface area contributed by atoms with Crippen molar-refractivity contribution in [3.05, 3.63) is 70.3 Å². The summed E-state index contributed by atoms with van der Waals surface area (Å²) >= 11 is 1.53. The maximum absolute atomic E-state index is 13.0. The van der Waals surface area contributed by atoms with Crippen LogP contribution in [0.5, 0.6) is 5.75 Å². The highest BCUT2D eigenvalue weighted by Crippen LogP contribution is 2.43. The van der Waals surface area contributed by atoms with Crippen molar-refractivity contribution in [1.29, 1.82) is 5.26 Å². The number of anilines is 1. The highest BCUT2D eigenvalue weighted by molar-refractivity contribution is 8.03. The molecule has 1 N–H and O–H groups in total. The van der Waals surface area contributed by atoms with Gasteiger partial charge in [-0.1, -0.05) is 36.0 Å². The van der Waals surface area contributed by atoms with E-state index in [4.69, 9.17) is 9.84 Å². The first-order chi connectivity index (χ1) is 15.1. The standard InChI is InChI=1S/C24H25N3O3S/c1-2-30-20-9-5-18(6-10-20)21-13-23(29)27-15-26(16-31-24(27)22(21)14-25)19-7-3-17(4-8-19)11-12-28/h3-10,21,28H,2,11-13,15-16H2,1H3. The summed E-state index contributed by atoms with van der Waals surface area (Å²) in [6, 6.07) is 18.1. The van der Waals surface area contributed by atoms with Crippen LogP contribution in [0.15, 0.2) is 59.1 Å². The maximum Gasteiger partial charge on any atom is 0.229 e. The maximum atomic E-state index is 13.0. The largest absolute Gasteiger partial charge is 0.494 e. The number of aliphatic hydroxyl groups is 1. The molecule has 1 unspecified atom stereocenters. The normalized spacial score (nSPS) is 18.6. The summed E-state index contributed by atoms with van der Waals surface area (Å²) in [5.41, 5.74) is 3.72. The van der Waals surface area contributed by atoms with Gasteiger partial charge in [0, 0.05) is 24.6 Å². The van der Waals surface area contributed by atoms with Gasteiger partial charge in [0.15, 0.2) is 0 Å². The summed E-state index contributed by atoms with van der Waals surface area (Å²) < 4.78 is 5.51. The van der Waals surface area contributed by atoms with Crippen molar-refractivity contribution in [2.24, 2.45) is 0 Å². The molecule has 2 aliphatic heterocycles. The van der Waals surface area contributed by atoms with E-state index < -0.39 is 0 Å². The van der Waals surface area contributed by atoms with Crippen molar-refractivity contribution in [3.8, 4) is 11.8 Å². The Bertz CT molecular complexity index is 1010. The summed E-state index contributed by atoms with van der Waals surface area (Å²) in [7, 11) is 0. The fraction of sp³-hybridized carbons (Fsp3) is 0.333. The van der Waals surface area contributed by atoms with E-state index in [9.17, 15) is 10.1 Å². The van der Waals surface area contributed by atoms with Crippen LogP contribution in [-0.4, -0.2) is 41.7 Å². The zero-order valence-electron chi connectivity index (χ0n) is 17.5. The molecule has 1 saturated heterocycles. The summed E-state index contributed by atoms with van der Waals surface area (Å²) in [5.74, 6) is 1.26. The average molecular weight is 436 g/mol. The van der Waals surface area contributed by atoms with Gasteiger partial charge in [0.2, 0.25) is 5.91 Å². The van der Waals surface area contributed by atoms with Gasteiger partial charge in [-0.2, -0.15) is 5.26 Å². The molecular formula is C24H25N3O3S. The van der Waals surface area contributed by atoms with Gasteiger partial charge in [0.05, 0.1) is 35.8 Å². The first-order valence-electron chi connectivity index (χ1n) is 10.4. The zero-order chi connectivity index (χ0) is 21.8. The number of ether oxygens (including phenoxy) is 1. The van der Waals surface area contributed by atoms with Crippen LogP contribution >= 0.6 is 11.8 Å². The highest BCUT2D eigenvalue weighted by Gasteiger charge is 2.38. The lowest BCUT2D eigenvalue weighted by atomic mass is 9.86. The number of rotatable bonds is 6. The molecule has 1 atom stereocenters. The lowest BCUT2D eigenvalue weighted by molar-refractivity contribution is -0.129. The number of hydrogen-bond donors (Lipinski definition) is 1. The number of benzene rings is 2. The molecule has 6 nitrogen and oxygen atoms in total. The van der Waals surface area contributed by atoms with E-state index in [1.54, 1.807) is 4.90 Å². The molecule has 4 rings (SSSR count). The molecule has 2 aromatic carbocycles. The Morgan fingerprint density at radius 3 is 2.58 bits per heavy atom. The third-order valence-electron chi connectivity index (χ3n) is 5.59. The minimum Gasteiger partial charge on any atom is -0.494 e. The first kappa shape index (κ1) is 21.3. The van der Waals surface area contributed by atoms with Crippen LogP contribution in [0.2, 0.25) is 0 Å². The quantitative estimate of drug-likeness (QED) is 0.743. The molecule has 31 heavy (non-hydrogen) atoms. The van der Waals surface area contributed by atoms with Crippen LogP contribution in [0.3, 0.4) is 0 Å². The van der Waals surface area contributed by atoms with Gasteiger partial charge in [0.25, 0.3) is 0 Å². The monoisotopic (exact) mass is 435 g/mol. The number of thioether (sulfide) groups is 1. The van der Waals surface area contributed by atoms with Gasteiger partial charge in [-0.3, -0.25) is 9.69 Å². The number of nitrogens with zero attached hydrogens (tertiary/aromatic N) is 3. The molecule has 2 aliphatic rings. The predicted molar refractivity (Wildman–Crippen MR) is 121 cm³/mol. The van der Waals surface area contributed by atoms with Gasteiger partial charge < -0.3 is 14.7 Å². The lowest BCUT2D eigenvalue weighted by Gasteiger charge is -2.42. The molecular weight excluding hydrogens is 410 g/mol. The smallest absolute Gasteiger partial charge is 0.229 e. The van der Waals surface area contributed by atoms with E-state index in [-0.39, 0.29) is 24.9 Å². The number of carbonyl (C=O) groups excluding carboxylic acids is 1. The molecule has 1 amide bonds. The number of carbonyl (C=O) groups is 1. The second kappa shape index (κ2) is 9.46. The molecule has 0 radical (unpaired) electrons. The summed E-state index contributed by atoms with van der Waals surface area (Å²) in [5, 5.41) is 19.8. The molecule has 0 bridgehead atoms. The van der Waals surface area contributed by atoms with Crippen LogP contribution in [0, 0.1) is 11.3 Å². The fourth-order valence-corrected chi connectivity index (χ4v) is 5.14. The number of aliphatic hydroxyl groups excluding tert-OH is 1. The zero-order valence-corrected chi connectivity index (χ0v) is 18.3. The van der Waals surface area contributed by atoms with Crippen molar-refractivity contribution >= 4 is 23.4 Å². The Kier molecular flexibility index (Phi) is 6.50. The van der Waals surface area contributed by atoms with E-state index in [1.165, 1.54) is 11.8 Å². The average Bonchev–Trinajstić information content (AvgIpc) is 2.80. The van der Waals surface area contributed by atoms with Crippen molar-refractivity contribution in [1.82, 2.24) is 4.90 Å². The summed E-state index contributed by atoms with van der Waals surface area (Å²) in [4.78, 5) is 16.9.